The first-order valence-corrected chi connectivity index (χ1v) is 8.63. The first kappa shape index (κ1) is 18.4. The summed E-state index contributed by atoms with van der Waals surface area (Å²) in [5.41, 5.74) is 3.01. The molecule has 0 unspecified atom stereocenters. The van der Waals surface area contributed by atoms with E-state index >= 15 is 0 Å². The van der Waals surface area contributed by atoms with Crippen molar-refractivity contribution in [1.82, 2.24) is 5.32 Å². The van der Waals surface area contributed by atoms with Crippen LogP contribution in [0.1, 0.15) is 29.2 Å². The molecule has 0 aliphatic carbocycles. The van der Waals surface area contributed by atoms with Crippen molar-refractivity contribution in [3.8, 4) is 5.75 Å². The third-order valence-electron chi connectivity index (χ3n) is 4.54. The summed E-state index contributed by atoms with van der Waals surface area (Å²) in [7, 11) is 0. The fraction of sp³-hybridized carbons (Fsp3) is 0.190. The lowest BCUT2D eigenvalue weighted by molar-refractivity contribution is -0.122. The summed E-state index contributed by atoms with van der Waals surface area (Å²) in [5, 5.41) is 12.1. The molecule has 2 aromatic carbocycles. The second kappa shape index (κ2) is 7.07. The van der Waals surface area contributed by atoms with Crippen molar-refractivity contribution in [1.29, 1.82) is 0 Å². The van der Waals surface area contributed by atoms with Crippen molar-refractivity contribution < 1.29 is 19.5 Å². The number of aryl methyl sites for hydroxylation is 3. The van der Waals surface area contributed by atoms with E-state index in [0.717, 1.165) is 10.5 Å². The van der Waals surface area contributed by atoms with E-state index in [1.807, 2.05) is 19.1 Å². The molecule has 0 atom stereocenters. The molecule has 6 heteroatoms. The number of urea groups is 1. The zero-order chi connectivity index (χ0) is 19.7. The number of benzene rings is 2. The number of phenols is 1. The van der Waals surface area contributed by atoms with Crippen molar-refractivity contribution in [2.75, 3.05) is 4.90 Å². The first-order valence-electron chi connectivity index (χ1n) is 8.63. The highest BCUT2D eigenvalue weighted by molar-refractivity contribution is 6.39. The number of anilines is 1. The predicted octanol–water partition coefficient (Wildman–Crippen LogP) is 3.24. The van der Waals surface area contributed by atoms with Gasteiger partial charge < -0.3 is 5.11 Å². The fourth-order valence-electron chi connectivity index (χ4n) is 3.14. The number of carbonyl (C=O) groups is 3. The van der Waals surface area contributed by atoms with Crippen LogP contribution in [-0.4, -0.2) is 23.0 Å². The summed E-state index contributed by atoms with van der Waals surface area (Å²) in [4.78, 5) is 38.6. The summed E-state index contributed by atoms with van der Waals surface area (Å²) in [6.45, 7) is 5.40. The lowest BCUT2D eigenvalue weighted by Gasteiger charge is -2.28. The second-order valence-electron chi connectivity index (χ2n) is 6.44. The Bertz CT molecular complexity index is 968. The number of imide groups is 2. The minimum atomic E-state index is -0.763. The van der Waals surface area contributed by atoms with Crippen LogP contribution in [0.2, 0.25) is 0 Å². The van der Waals surface area contributed by atoms with E-state index in [1.54, 1.807) is 38.1 Å². The van der Waals surface area contributed by atoms with Gasteiger partial charge in [-0.1, -0.05) is 25.1 Å². The summed E-state index contributed by atoms with van der Waals surface area (Å²) in [6.07, 6.45) is 2.07. The Morgan fingerprint density at radius 1 is 1.07 bits per heavy atom. The fourth-order valence-corrected chi connectivity index (χ4v) is 3.14. The molecule has 1 aliphatic rings. The summed E-state index contributed by atoms with van der Waals surface area (Å²) in [6, 6.07) is 9.68. The van der Waals surface area contributed by atoms with Gasteiger partial charge in [0, 0.05) is 0 Å². The number of amides is 4. The number of phenolic OH excluding ortho intramolecular Hbond substituents is 1. The maximum Gasteiger partial charge on any atom is 0.335 e. The van der Waals surface area contributed by atoms with E-state index in [4.69, 9.17) is 0 Å². The lowest BCUT2D eigenvalue weighted by atomic mass is 10.0. The van der Waals surface area contributed by atoms with Gasteiger partial charge in [-0.3, -0.25) is 14.9 Å². The van der Waals surface area contributed by atoms with E-state index in [9.17, 15) is 19.5 Å². The Morgan fingerprint density at radius 2 is 1.70 bits per heavy atom. The Balaban J connectivity index is 2.08. The van der Waals surface area contributed by atoms with Crippen molar-refractivity contribution in [3.05, 3.63) is 64.2 Å². The van der Waals surface area contributed by atoms with Gasteiger partial charge in [0.25, 0.3) is 11.8 Å². The molecule has 1 heterocycles. The van der Waals surface area contributed by atoms with Crippen molar-refractivity contribution >= 4 is 29.6 Å². The highest BCUT2D eigenvalue weighted by Crippen LogP contribution is 2.28. The largest absolute Gasteiger partial charge is 0.507 e. The number of carbonyl (C=O) groups excluding carboxylic acids is 3. The number of nitrogens with one attached hydrogen (secondary N) is 1. The van der Waals surface area contributed by atoms with E-state index in [1.165, 1.54) is 6.08 Å². The van der Waals surface area contributed by atoms with Crippen LogP contribution in [0.4, 0.5) is 10.5 Å². The Hall–Kier alpha value is -3.41. The van der Waals surface area contributed by atoms with Crippen LogP contribution in [0.3, 0.4) is 0 Å². The van der Waals surface area contributed by atoms with E-state index in [-0.39, 0.29) is 11.3 Å². The van der Waals surface area contributed by atoms with Gasteiger partial charge >= 0.3 is 6.03 Å². The van der Waals surface area contributed by atoms with Crippen LogP contribution in [-0.2, 0) is 16.0 Å². The van der Waals surface area contributed by atoms with E-state index in [0.29, 0.717) is 28.8 Å². The second-order valence-corrected chi connectivity index (χ2v) is 6.44. The molecule has 1 aliphatic heterocycles. The molecule has 0 saturated carbocycles. The van der Waals surface area contributed by atoms with Crippen LogP contribution in [0.5, 0.6) is 5.75 Å². The Labute approximate surface area is 157 Å². The van der Waals surface area contributed by atoms with E-state index in [2.05, 4.69) is 5.32 Å². The molecule has 2 N–H and O–H groups in total. The normalized spacial score (nSPS) is 16.0. The number of hydrogen-bond acceptors (Lipinski definition) is 4. The molecule has 3 rings (SSSR count). The number of aromatic hydroxyl groups is 1. The minimum absolute atomic E-state index is 0.134. The summed E-state index contributed by atoms with van der Waals surface area (Å²) < 4.78 is 0. The zero-order valence-corrected chi connectivity index (χ0v) is 15.4. The average molecular weight is 364 g/mol. The highest BCUT2D eigenvalue weighted by atomic mass is 16.3. The molecular weight excluding hydrogens is 344 g/mol. The first-order chi connectivity index (χ1) is 12.8. The van der Waals surface area contributed by atoms with Gasteiger partial charge in [-0.15, -0.1) is 0 Å². The van der Waals surface area contributed by atoms with Crippen LogP contribution >= 0.6 is 0 Å². The monoisotopic (exact) mass is 364 g/mol. The van der Waals surface area contributed by atoms with Gasteiger partial charge in [0.15, 0.2) is 0 Å². The molecule has 6 nitrogen and oxygen atoms in total. The third-order valence-corrected chi connectivity index (χ3v) is 4.54. The van der Waals surface area contributed by atoms with E-state index < -0.39 is 17.8 Å². The number of nitrogens with zero attached hydrogens (tertiary/aromatic N) is 1. The molecule has 0 aromatic heterocycles. The van der Waals surface area contributed by atoms with Gasteiger partial charge in [0.05, 0.1) is 5.69 Å². The number of barbiturate groups is 1. The Morgan fingerprint density at radius 3 is 2.33 bits per heavy atom. The molecule has 0 radical (unpaired) electrons. The molecular formula is C21H20N2O4. The topological polar surface area (TPSA) is 86.7 Å². The van der Waals surface area contributed by atoms with Crippen LogP contribution in [0.25, 0.3) is 6.08 Å². The molecule has 2 aromatic rings. The molecule has 0 bridgehead atoms. The SMILES string of the molecule is CCc1ccccc1N1C(=O)NC(=O)/C(=C\c2cc(C)c(O)c(C)c2)C1=O. The molecule has 0 spiro atoms. The standard InChI is InChI=1S/C21H20N2O4/c1-4-15-7-5-6-8-17(15)23-20(26)16(19(25)22-21(23)27)11-14-9-12(2)18(24)13(3)10-14/h5-11,24H,4H2,1-3H3,(H,22,25,27)/b16-11+. The predicted molar refractivity (Wildman–Crippen MR) is 102 cm³/mol. The number of hydrogen-bond donors (Lipinski definition) is 2. The molecule has 138 valence electrons. The lowest BCUT2D eigenvalue weighted by Crippen LogP contribution is -2.54. The number of para-hydroxylation sites is 1. The number of rotatable bonds is 3. The van der Waals surface area contributed by atoms with Crippen LogP contribution < -0.4 is 10.2 Å². The van der Waals surface area contributed by atoms with Crippen LogP contribution in [0, 0.1) is 13.8 Å². The average Bonchev–Trinajstić information content (AvgIpc) is 2.63. The molecule has 1 fully saturated rings. The zero-order valence-electron chi connectivity index (χ0n) is 15.4. The van der Waals surface area contributed by atoms with Crippen molar-refractivity contribution in [2.24, 2.45) is 0 Å². The molecule has 1 saturated heterocycles. The molecule has 27 heavy (non-hydrogen) atoms. The minimum Gasteiger partial charge on any atom is -0.507 e. The quantitative estimate of drug-likeness (QED) is 0.647. The van der Waals surface area contributed by atoms with Crippen LogP contribution in [0.15, 0.2) is 42.0 Å². The highest BCUT2D eigenvalue weighted by Gasteiger charge is 2.37. The summed E-state index contributed by atoms with van der Waals surface area (Å²) in [5.74, 6) is -1.24. The maximum atomic E-state index is 13.0. The van der Waals surface area contributed by atoms with Gasteiger partial charge in [-0.05, 0) is 66.8 Å². The van der Waals surface area contributed by atoms with Gasteiger partial charge in [0.1, 0.15) is 11.3 Å². The Kier molecular flexibility index (Phi) is 4.81. The maximum absolute atomic E-state index is 13.0. The smallest absolute Gasteiger partial charge is 0.335 e. The van der Waals surface area contributed by atoms with Gasteiger partial charge in [-0.2, -0.15) is 0 Å². The molecule has 4 amide bonds. The van der Waals surface area contributed by atoms with Crippen molar-refractivity contribution in [3.63, 3.8) is 0 Å². The van der Waals surface area contributed by atoms with Gasteiger partial charge in [0.2, 0.25) is 0 Å². The summed E-state index contributed by atoms with van der Waals surface area (Å²) >= 11 is 0. The third kappa shape index (κ3) is 3.33. The van der Waals surface area contributed by atoms with Crippen molar-refractivity contribution in [2.45, 2.75) is 27.2 Å². The van der Waals surface area contributed by atoms with Gasteiger partial charge in [-0.25, -0.2) is 9.69 Å².